The smallest absolute Gasteiger partial charge is 0.230 e. The summed E-state index contributed by atoms with van der Waals surface area (Å²) < 4.78 is 27.9. The number of amides is 1. The number of methoxy groups -OCH3 is 4. The summed E-state index contributed by atoms with van der Waals surface area (Å²) in [6, 6.07) is 19.1. The first-order valence-corrected chi connectivity index (χ1v) is 10.6. The quantitative estimate of drug-likeness (QED) is 0.438. The maximum atomic E-state index is 12.6. The highest BCUT2D eigenvalue weighted by molar-refractivity contribution is 6.01. The minimum absolute atomic E-state index is 0.0110. The zero-order valence-electron chi connectivity index (χ0n) is 19.2. The van der Waals surface area contributed by atoms with Crippen LogP contribution in [0.25, 0.3) is 0 Å². The molecular weight excluding hydrogens is 422 g/mol. The molecule has 0 unspecified atom stereocenters. The maximum absolute atomic E-state index is 12.6. The van der Waals surface area contributed by atoms with Gasteiger partial charge in [0.15, 0.2) is 23.0 Å². The summed E-state index contributed by atoms with van der Waals surface area (Å²) in [7, 11) is 6.26. The first-order valence-electron chi connectivity index (χ1n) is 10.6. The fourth-order valence-corrected chi connectivity index (χ4v) is 3.96. The van der Waals surface area contributed by atoms with Crippen molar-refractivity contribution in [1.82, 2.24) is 0 Å². The van der Waals surface area contributed by atoms with Gasteiger partial charge in [-0.15, -0.1) is 0 Å². The largest absolute Gasteiger partial charge is 0.493 e. The molecule has 0 spiro atoms. The van der Waals surface area contributed by atoms with Crippen LogP contribution >= 0.6 is 0 Å². The summed E-state index contributed by atoms with van der Waals surface area (Å²) in [5.41, 5.74) is 2.68. The Labute approximate surface area is 193 Å². The first-order chi connectivity index (χ1) is 16.1. The van der Waals surface area contributed by atoms with Gasteiger partial charge in [0, 0.05) is 12.1 Å². The average Bonchev–Trinajstić information content (AvgIpc) is 2.85. The van der Waals surface area contributed by atoms with Crippen molar-refractivity contribution < 1.29 is 28.5 Å². The zero-order chi connectivity index (χ0) is 23.4. The van der Waals surface area contributed by atoms with Crippen LogP contribution in [0, 0.1) is 0 Å². The summed E-state index contributed by atoms with van der Waals surface area (Å²) in [4.78, 5) is 14.4. The molecule has 7 nitrogen and oxygen atoms in total. The van der Waals surface area contributed by atoms with E-state index < -0.39 is 0 Å². The predicted molar refractivity (Wildman–Crippen MR) is 125 cm³/mol. The molecule has 1 aliphatic rings. The average molecular weight is 450 g/mol. The summed E-state index contributed by atoms with van der Waals surface area (Å²) >= 11 is 0. The minimum Gasteiger partial charge on any atom is -0.493 e. The van der Waals surface area contributed by atoms with Crippen LogP contribution in [0.1, 0.15) is 23.6 Å². The lowest BCUT2D eigenvalue weighted by Gasteiger charge is -2.41. The number of β-lactam (4-membered cyclic amide) rings is 1. The van der Waals surface area contributed by atoms with Crippen LogP contribution in [0.2, 0.25) is 0 Å². The van der Waals surface area contributed by atoms with Crippen molar-refractivity contribution in [3.63, 3.8) is 0 Å². The molecule has 0 aromatic heterocycles. The molecule has 1 amide bonds. The number of hydrogen-bond acceptors (Lipinski definition) is 6. The van der Waals surface area contributed by atoms with E-state index in [9.17, 15) is 4.79 Å². The van der Waals surface area contributed by atoms with Gasteiger partial charge in [0.2, 0.25) is 11.7 Å². The van der Waals surface area contributed by atoms with Crippen molar-refractivity contribution in [2.45, 2.75) is 19.1 Å². The van der Waals surface area contributed by atoms with Crippen LogP contribution in [-0.2, 0) is 11.4 Å². The molecule has 1 atom stereocenters. The van der Waals surface area contributed by atoms with Crippen LogP contribution < -0.4 is 28.6 Å². The lowest BCUT2D eigenvalue weighted by Crippen LogP contribution is -2.46. The van der Waals surface area contributed by atoms with E-state index in [1.807, 2.05) is 48.5 Å². The van der Waals surface area contributed by atoms with Gasteiger partial charge in [-0.2, -0.15) is 0 Å². The van der Waals surface area contributed by atoms with Gasteiger partial charge >= 0.3 is 0 Å². The first kappa shape index (κ1) is 22.3. The van der Waals surface area contributed by atoms with Crippen molar-refractivity contribution in [3.8, 4) is 28.7 Å². The topological polar surface area (TPSA) is 66.5 Å². The lowest BCUT2D eigenvalue weighted by atomic mass is 9.92. The van der Waals surface area contributed by atoms with Crippen molar-refractivity contribution >= 4 is 11.6 Å². The predicted octanol–water partition coefficient (Wildman–Crippen LogP) is 4.78. The van der Waals surface area contributed by atoms with Crippen LogP contribution in [0.4, 0.5) is 5.69 Å². The number of carbonyl (C=O) groups is 1. The number of benzene rings is 3. The fourth-order valence-electron chi connectivity index (χ4n) is 3.96. The standard InChI is InChI=1S/C26H27NO6/c1-29-21-11-10-18(12-22(21)33-16-17-8-6-5-7-9-17)20-15-25(28)27(20)19-13-23(30-2)26(32-4)24(14-19)31-3/h5-14,20H,15-16H2,1-4H3/t20-/m1/s1. The summed E-state index contributed by atoms with van der Waals surface area (Å²) in [5, 5.41) is 0. The molecule has 0 bridgehead atoms. The zero-order valence-corrected chi connectivity index (χ0v) is 19.2. The number of nitrogens with zero attached hydrogens (tertiary/aromatic N) is 1. The molecule has 7 heteroatoms. The highest BCUT2D eigenvalue weighted by atomic mass is 16.5. The van der Waals surface area contributed by atoms with Crippen molar-refractivity contribution in [2.75, 3.05) is 33.3 Å². The van der Waals surface area contributed by atoms with Crippen molar-refractivity contribution in [1.29, 1.82) is 0 Å². The fraction of sp³-hybridized carbons (Fsp3) is 0.269. The number of anilines is 1. The third-order valence-electron chi connectivity index (χ3n) is 5.69. The molecule has 0 N–H and O–H groups in total. The molecule has 3 aromatic carbocycles. The van der Waals surface area contributed by atoms with Crippen molar-refractivity contribution in [2.24, 2.45) is 0 Å². The van der Waals surface area contributed by atoms with E-state index in [-0.39, 0.29) is 11.9 Å². The number of rotatable bonds is 9. The van der Waals surface area contributed by atoms with E-state index in [1.54, 1.807) is 45.5 Å². The van der Waals surface area contributed by atoms with Gasteiger partial charge < -0.3 is 28.6 Å². The van der Waals surface area contributed by atoms with E-state index in [2.05, 4.69) is 0 Å². The van der Waals surface area contributed by atoms with Gasteiger partial charge in [0.25, 0.3) is 0 Å². The molecule has 172 valence electrons. The molecule has 0 aliphatic carbocycles. The van der Waals surface area contributed by atoms with Gasteiger partial charge in [-0.05, 0) is 23.3 Å². The minimum atomic E-state index is -0.148. The Balaban J connectivity index is 1.63. The van der Waals surface area contributed by atoms with Gasteiger partial charge in [-0.25, -0.2) is 0 Å². The Morgan fingerprint density at radius 2 is 1.45 bits per heavy atom. The van der Waals surface area contributed by atoms with Gasteiger partial charge in [0.05, 0.1) is 46.6 Å². The molecule has 33 heavy (non-hydrogen) atoms. The second-order valence-electron chi connectivity index (χ2n) is 7.55. The van der Waals surface area contributed by atoms with Crippen LogP contribution in [0.3, 0.4) is 0 Å². The van der Waals surface area contributed by atoms with Crippen molar-refractivity contribution in [3.05, 3.63) is 71.8 Å². The summed E-state index contributed by atoms with van der Waals surface area (Å²) in [5.74, 6) is 2.74. The lowest BCUT2D eigenvalue weighted by molar-refractivity contribution is -0.124. The second-order valence-corrected chi connectivity index (χ2v) is 7.55. The maximum Gasteiger partial charge on any atom is 0.230 e. The van der Waals surface area contributed by atoms with Crippen LogP contribution in [0.15, 0.2) is 60.7 Å². The molecule has 1 saturated heterocycles. The molecular formula is C26H27NO6. The Morgan fingerprint density at radius 1 is 0.788 bits per heavy atom. The molecule has 1 heterocycles. The van der Waals surface area contributed by atoms with Gasteiger partial charge in [0.1, 0.15) is 6.61 Å². The van der Waals surface area contributed by atoms with E-state index >= 15 is 0 Å². The highest BCUT2D eigenvalue weighted by Gasteiger charge is 2.39. The molecule has 3 aromatic rings. The Morgan fingerprint density at radius 3 is 2.03 bits per heavy atom. The van der Waals surface area contributed by atoms with E-state index in [4.69, 9.17) is 23.7 Å². The highest BCUT2D eigenvalue weighted by Crippen LogP contribution is 2.47. The normalized spacial score (nSPS) is 15.0. The SMILES string of the molecule is COc1ccc([C@H]2CC(=O)N2c2cc(OC)c(OC)c(OC)c2)cc1OCc1ccccc1. The van der Waals surface area contributed by atoms with Crippen LogP contribution in [-0.4, -0.2) is 34.3 Å². The van der Waals surface area contributed by atoms with Crippen LogP contribution in [0.5, 0.6) is 28.7 Å². The number of hydrogen-bond donors (Lipinski definition) is 0. The van der Waals surface area contributed by atoms with E-state index in [0.29, 0.717) is 47.5 Å². The monoisotopic (exact) mass is 449 g/mol. The molecule has 1 aliphatic heterocycles. The number of ether oxygens (including phenoxy) is 5. The summed E-state index contributed by atoms with van der Waals surface area (Å²) in [6.45, 7) is 0.418. The third-order valence-corrected chi connectivity index (χ3v) is 5.69. The Bertz CT molecular complexity index is 1110. The molecule has 0 saturated carbocycles. The molecule has 4 rings (SSSR count). The van der Waals surface area contributed by atoms with Gasteiger partial charge in [-0.1, -0.05) is 36.4 Å². The summed E-state index contributed by atoms with van der Waals surface area (Å²) in [6.07, 6.45) is 0.390. The number of carbonyl (C=O) groups excluding carboxylic acids is 1. The second kappa shape index (κ2) is 9.73. The van der Waals surface area contributed by atoms with E-state index in [1.165, 1.54) is 0 Å². The Kier molecular flexibility index (Phi) is 6.58. The van der Waals surface area contributed by atoms with Gasteiger partial charge in [-0.3, -0.25) is 4.79 Å². The Hall–Kier alpha value is -3.87. The van der Waals surface area contributed by atoms with E-state index in [0.717, 1.165) is 11.1 Å². The molecule has 1 fully saturated rings. The third kappa shape index (κ3) is 4.39. The molecule has 0 radical (unpaired) electrons.